The number of hydrogen-bond donors (Lipinski definition) is 1. The molecule has 3 rings (SSSR count). The van der Waals surface area contributed by atoms with Crippen LogP contribution >= 0.6 is 0 Å². The van der Waals surface area contributed by atoms with Gasteiger partial charge in [0.05, 0.1) is 11.6 Å². The van der Waals surface area contributed by atoms with Crippen molar-refractivity contribution in [3.05, 3.63) is 59.7 Å². The molecule has 1 aliphatic heterocycles. The first-order valence-electron chi connectivity index (χ1n) is 7.96. The molecule has 24 heavy (non-hydrogen) atoms. The van der Waals surface area contributed by atoms with E-state index in [0.717, 1.165) is 12.8 Å². The highest BCUT2D eigenvalue weighted by Gasteiger charge is 2.30. The second-order valence-electron chi connectivity index (χ2n) is 5.78. The number of hydrogen-bond acceptors (Lipinski definition) is 4. The van der Waals surface area contributed by atoms with Crippen molar-refractivity contribution in [1.82, 2.24) is 4.90 Å². The summed E-state index contributed by atoms with van der Waals surface area (Å²) in [6.07, 6.45) is 2.35. The summed E-state index contributed by atoms with van der Waals surface area (Å²) in [6.45, 7) is 0.991. The number of carbonyl (C=O) groups excluding carboxylic acids is 2. The van der Waals surface area contributed by atoms with E-state index < -0.39 is 0 Å². The van der Waals surface area contributed by atoms with Crippen LogP contribution in [0.4, 0.5) is 0 Å². The first-order valence-corrected chi connectivity index (χ1v) is 7.96. The standard InChI is InChI=1S/C19H19NO4/c21-12-16-17(22)9-4-10-18(16)24-13-15-8-5-11-20(15)19(23)14-6-2-1-3-7-14/h1-4,6-7,9-10,12,15,22H,5,8,11,13H2. The van der Waals surface area contributed by atoms with E-state index in [0.29, 0.717) is 30.8 Å². The lowest BCUT2D eigenvalue weighted by molar-refractivity contribution is 0.0690. The van der Waals surface area contributed by atoms with Crippen LogP contribution < -0.4 is 4.74 Å². The van der Waals surface area contributed by atoms with E-state index in [1.807, 2.05) is 23.1 Å². The zero-order chi connectivity index (χ0) is 16.9. The van der Waals surface area contributed by atoms with E-state index in [1.54, 1.807) is 24.3 Å². The molecule has 1 N–H and O–H groups in total. The van der Waals surface area contributed by atoms with Gasteiger partial charge in [-0.15, -0.1) is 0 Å². The molecule has 1 fully saturated rings. The zero-order valence-electron chi connectivity index (χ0n) is 13.2. The molecule has 0 aliphatic carbocycles. The predicted octanol–water partition coefficient (Wildman–Crippen LogP) is 2.89. The lowest BCUT2D eigenvalue weighted by Crippen LogP contribution is -2.39. The van der Waals surface area contributed by atoms with E-state index >= 15 is 0 Å². The average Bonchev–Trinajstić information content (AvgIpc) is 3.08. The smallest absolute Gasteiger partial charge is 0.254 e. The molecule has 1 amide bonds. The van der Waals surface area contributed by atoms with Crippen LogP contribution in [0.3, 0.4) is 0 Å². The second kappa shape index (κ2) is 7.17. The van der Waals surface area contributed by atoms with Crippen LogP contribution in [-0.4, -0.2) is 41.4 Å². The number of phenolic OH excluding ortho intramolecular Hbond substituents is 1. The fraction of sp³-hybridized carbons (Fsp3) is 0.263. The Labute approximate surface area is 140 Å². The van der Waals surface area contributed by atoms with Crippen LogP contribution in [0.1, 0.15) is 33.6 Å². The minimum Gasteiger partial charge on any atom is -0.507 e. The van der Waals surface area contributed by atoms with Crippen molar-refractivity contribution in [2.24, 2.45) is 0 Å². The minimum atomic E-state index is -0.105. The fourth-order valence-corrected chi connectivity index (χ4v) is 2.99. The van der Waals surface area contributed by atoms with Crippen molar-refractivity contribution in [3.63, 3.8) is 0 Å². The Balaban J connectivity index is 1.70. The Kier molecular flexibility index (Phi) is 4.79. The number of nitrogens with zero attached hydrogens (tertiary/aromatic N) is 1. The fourth-order valence-electron chi connectivity index (χ4n) is 2.99. The van der Waals surface area contributed by atoms with Gasteiger partial charge in [-0.25, -0.2) is 0 Å². The Hall–Kier alpha value is -2.82. The van der Waals surface area contributed by atoms with Gasteiger partial charge >= 0.3 is 0 Å². The van der Waals surface area contributed by atoms with Crippen LogP contribution in [0, 0.1) is 0 Å². The van der Waals surface area contributed by atoms with Gasteiger partial charge in [0, 0.05) is 12.1 Å². The third kappa shape index (κ3) is 3.25. The highest BCUT2D eigenvalue weighted by molar-refractivity contribution is 5.94. The molecule has 1 saturated heterocycles. The van der Waals surface area contributed by atoms with Crippen molar-refractivity contribution in [1.29, 1.82) is 0 Å². The Morgan fingerprint density at radius 3 is 2.75 bits per heavy atom. The summed E-state index contributed by atoms with van der Waals surface area (Å²) in [5.41, 5.74) is 0.798. The minimum absolute atomic E-state index is 0.00628. The lowest BCUT2D eigenvalue weighted by atomic mass is 10.1. The third-order valence-corrected chi connectivity index (χ3v) is 4.25. The van der Waals surface area contributed by atoms with E-state index in [1.165, 1.54) is 6.07 Å². The third-order valence-electron chi connectivity index (χ3n) is 4.25. The molecule has 2 aromatic carbocycles. The SMILES string of the molecule is O=Cc1c(O)cccc1OCC1CCCN1C(=O)c1ccccc1. The first-order chi connectivity index (χ1) is 11.7. The van der Waals surface area contributed by atoms with Crippen LogP contribution in [0.5, 0.6) is 11.5 Å². The normalized spacial score (nSPS) is 16.8. The molecule has 1 heterocycles. The molecule has 124 valence electrons. The van der Waals surface area contributed by atoms with Gasteiger partial charge in [0.1, 0.15) is 18.1 Å². The average molecular weight is 325 g/mol. The van der Waals surface area contributed by atoms with Crippen molar-refractivity contribution in [2.75, 3.05) is 13.2 Å². The number of phenols is 1. The summed E-state index contributed by atoms with van der Waals surface area (Å²) in [7, 11) is 0. The van der Waals surface area contributed by atoms with E-state index in [2.05, 4.69) is 0 Å². The van der Waals surface area contributed by atoms with Crippen molar-refractivity contribution in [3.8, 4) is 11.5 Å². The molecule has 2 aromatic rings. The summed E-state index contributed by atoms with van der Waals surface area (Å²) in [4.78, 5) is 25.5. The lowest BCUT2D eigenvalue weighted by Gasteiger charge is -2.25. The number of amides is 1. The number of rotatable bonds is 5. The van der Waals surface area contributed by atoms with Crippen LogP contribution in [-0.2, 0) is 0 Å². The van der Waals surface area contributed by atoms with Gasteiger partial charge in [-0.3, -0.25) is 9.59 Å². The van der Waals surface area contributed by atoms with Gasteiger partial charge in [-0.2, -0.15) is 0 Å². The molecule has 5 nitrogen and oxygen atoms in total. The first kappa shape index (κ1) is 16.1. The second-order valence-corrected chi connectivity index (χ2v) is 5.78. The van der Waals surface area contributed by atoms with Crippen LogP contribution in [0.2, 0.25) is 0 Å². The maximum absolute atomic E-state index is 12.6. The molecule has 0 bridgehead atoms. The molecule has 0 aromatic heterocycles. The number of ether oxygens (including phenoxy) is 1. The summed E-state index contributed by atoms with van der Waals surface area (Å²) in [6, 6.07) is 13.8. The maximum atomic E-state index is 12.6. The highest BCUT2D eigenvalue weighted by atomic mass is 16.5. The van der Waals surface area contributed by atoms with Crippen molar-refractivity contribution < 1.29 is 19.4 Å². The molecule has 0 radical (unpaired) electrons. The van der Waals surface area contributed by atoms with E-state index in [4.69, 9.17) is 4.74 Å². The number of carbonyl (C=O) groups is 2. The Bertz CT molecular complexity index is 729. The summed E-state index contributed by atoms with van der Waals surface area (Å²) in [5.74, 6) is 0.225. The van der Waals surface area contributed by atoms with Gasteiger partial charge in [-0.05, 0) is 37.1 Å². The topological polar surface area (TPSA) is 66.8 Å². The number of benzene rings is 2. The molecule has 1 unspecified atom stereocenters. The monoisotopic (exact) mass is 325 g/mol. The van der Waals surface area contributed by atoms with Crippen molar-refractivity contribution >= 4 is 12.2 Å². The summed E-state index contributed by atoms with van der Waals surface area (Å²) in [5, 5.41) is 9.70. The molecular formula is C19H19NO4. The van der Waals surface area contributed by atoms with E-state index in [-0.39, 0.29) is 23.3 Å². The molecule has 1 aliphatic rings. The number of aromatic hydroxyl groups is 1. The van der Waals surface area contributed by atoms with Gasteiger partial charge in [0.2, 0.25) is 0 Å². The largest absolute Gasteiger partial charge is 0.507 e. The Morgan fingerprint density at radius 2 is 2.00 bits per heavy atom. The van der Waals surface area contributed by atoms with Gasteiger partial charge in [0.25, 0.3) is 5.91 Å². The van der Waals surface area contributed by atoms with Gasteiger partial charge in [-0.1, -0.05) is 24.3 Å². The van der Waals surface area contributed by atoms with Gasteiger partial charge < -0.3 is 14.7 Å². The van der Waals surface area contributed by atoms with Gasteiger partial charge in [0.15, 0.2) is 6.29 Å². The number of aldehydes is 1. The van der Waals surface area contributed by atoms with Crippen LogP contribution in [0.15, 0.2) is 48.5 Å². The summed E-state index contributed by atoms with van der Waals surface area (Å²) < 4.78 is 5.72. The number of likely N-dealkylation sites (tertiary alicyclic amines) is 1. The molecule has 0 spiro atoms. The molecular weight excluding hydrogens is 306 g/mol. The Morgan fingerprint density at radius 1 is 1.21 bits per heavy atom. The summed E-state index contributed by atoms with van der Waals surface area (Å²) >= 11 is 0. The van der Waals surface area contributed by atoms with E-state index in [9.17, 15) is 14.7 Å². The molecule has 0 saturated carbocycles. The van der Waals surface area contributed by atoms with Crippen LogP contribution in [0.25, 0.3) is 0 Å². The quantitative estimate of drug-likeness (QED) is 0.859. The molecule has 5 heteroatoms. The zero-order valence-corrected chi connectivity index (χ0v) is 13.2. The van der Waals surface area contributed by atoms with Crippen molar-refractivity contribution in [2.45, 2.75) is 18.9 Å². The highest BCUT2D eigenvalue weighted by Crippen LogP contribution is 2.27. The maximum Gasteiger partial charge on any atom is 0.254 e. The predicted molar refractivity (Wildman–Crippen MR) is 89.5 cm³/mol. The molecule has 1 atom stereocenters.